The SMILES string of the molecule is CCCNCc1cc(N(C)Cc2ccc(C)o2)ccn1. The second-order valence-corrected chi connectivity index (χ2v) is 5.05. The van der Waals surface area contributed by atoms with Crippen molar-refractivity contribution in [3.8, 4) is 0 Å². The van der Waals surface area contributed by atoms with Crippen LogP contribution in [-0.4, -0.2) is 18.6 Å². The molecule has 0 aliphatic rings. The van der Waals surface area contributed by atoms with Gasteiger partial charge in [-0.1, -0.05) is 6.92 Å². The van der Waals surface area contributed by atoms with E-state index in [0.717, 1.165) is 49.0 Å². The predicted molar refractivity (Wildman–Crippen MR) is 81.8 cm³/mol. The van der Waals surface area contributed by atoms with E-state index < -0.39 is 0 Å². The summed E-state index contributed by atoms with van der Waals surface area (Å²) in [5.74, 6) is 1.93. The van der Waals surface area contributed by atoms with Crippen molar-refractivity contribution in [3.05, 3.63) is 47.7 Å². The fourth-order valence-electron chi connectivity index (χ4n) is 2.09. The summed E-state index contributed by atoms with van der Waals surface area (Å²) in [6.07, 6.45) is 3.00. The van der Waals surface area contributed by atoms with E-state index in [1.807, 2.05) is 31.3 Å². The van der Waals surface area contributed by atoms with Gasteiger partial charge in [-0.3, -0.25) is 4.98 Å². The first kappa shape index (κ1) is 14.6. The molecule has 4 nitrogen and oxygen atoms in total. The van der Waals surface area contributed by atoms with Crippen LogP contribution < -0.4 is 10.2 Å². The van der Waals surface area contributed by atoms with Gasteiger partial charge in [0, 0.05) is 25.5 Å². The monoisotopic (exact) mass is 273 g/mol. The minimum atomic E-state index is 0.764. The number of hydrogen-bond acceptors (Lipinski definition) is 4. The lowest BCUT2D eigenvalue weighted by Gasteiger charge is -2.18. The second kappa shape index (κ2) is 7.10. The Morgan fingerprint density at radius 1 is 1.30 bits per heavy atom. The zero-order valence-corrected chi connectivity index (χ0v) is 12.5. The molecule has 108 valence electrons. The van der Waals surface area contributed by atoms with Crippen molar-refractivity contribution in [1.82, 2.24) is 10.3 Å². The minimum absolute atomic E-state index is 0.764. The molecule has 0 bridgehead atoms. The highest BCUT2D eigenvalue weighted by Crippen LogP contribution is 2.17. The van der Waals surface area contributed by atoms with Crippen molar-refractivity contribution in [3.63, 3.8) is 0 Å². The molecule has 4 heteroatoms. The van der Waals surface area contributed by atoms with E-state index in [0.29, 0.717) is 0 Å². The van der Waals surface area contributed by atoms with Crippen LogP contribution in [0.2, 0.25) is 0 Å². The Morgan fingerprint density at radius 2 is 2.15 bits per heavy atom. The fourth-order valence-corrected chi connectivity index (χ4v) is 2.09. The average Bonchev–Trinajstić information content (AvgIpc) is 2.85. The van der Waals surface area contributed by atoms with E-state index in [1.54, 1.807) is 0 Å². The number of pyridine rings is 1. The molecule has 0 saturated carbocycles. The summed E-state index contributed by atoms with van der Waals surface area (Å²) in [5.41, 5.74) is 2.22. The molecule has 0 spiro atoms. The van der Waals surface area contributed by atoms with Crippen LogP contribution in [0.4, 0.5) is 5.69 Å². The number of nitrogens with one attached hydrogen (secondary N) is 1. The molecule has 0 aromatic carbocycles. The van der Waals surface area contributed by atoms with Gasteiger partial charge < -0.3 is 14.6 Å². The molecule has 0 radical (unpaired) electrons. The number of rotatable bonds is 7. The molecule has 1 N–H and O–H groups in total. The van der Waals surface area contributed by atoms with Crippen LogP contribution in [0.1, 0.15) is 30.6 Å². The summed E-state index contributed by atoms with van der Waals surface area (Å²) in [6.45, 7) is 6.73. The largest absolute Gasteiger partial charge is 0.464 e. The third-order valence-corrected chi connectivity index (χ3v) is 3.16. The van der Waals surface area contributed by atoms with Crippen molar-refractivity contribution in [1.29, 1.82) is 0 Å². The van der Waals surface area contributed by atoms with Gasteiger partial charge >= 0.3 is 0 Å². The Balaban J connectivity index is 1.98. The normalized spacial score (nSPS) is 10.8. The first-order valence-corrected chi connectivity index (χ1v) is 7.11. The molecule has 20 heavy (non-hydrogen) atoms. The Labute approximate surface area is 120 Å². The second-order valence-electron chi connectivity index (χ2n) is 5.05. The first-order chi connectivity index (χ1) is 9.69. The Hall–Kier alpha value is -1.81. The third-order valence-electron chi connectivity index (χ3n) is 3.16. The first-order valence-electron chi connectivity index (χ1n) is 7.11. The fraction of sp³-hybridized carbons (Fsp3) is 0.438. The number of nitrogens with zero attached hydrogens (tertiary/aromatic N) is 2. The summed E-state index contributed by atoms with van der Waals surface area (Å²) in [6, 6.07) is 8.17. The highest BCUT2D eigenvalue weighted by Gasteiger charge is 2.06. The zero-order valence-electron chi connectivity index (χ0n) is 12.5. The predicted octanol–water partition coefficient (Wildman–Crippen LogP) is 3.12. The van der Waals surface area contributed by atoms with Crippen LogP contribution in [0.3, 0.4) is 0 Å². The maximum Gasteiger partial charge on any atom is 0.123 e. The van der Waals surface area contributed by atoms with Crippen LogP contribution in [0, 0.1) is 6.92 Å². The number of aryl methyl sites for hydroxylation is 1. The summed E-state index contributed by atoms with van der Waals surface area (Å²) in [4.78, 5) is 6.56. The number of furan rings is 1. The van der Waals surface area contributed by atoms with Gasteiger partial charge in [-0.2, -0.15) is 0 Å². The summed E-state index contributed by atoms with van der Waals surface area (Å²) in [5, 5.41) is 3.37. The van der Waals surface area contributed by atoms with Crippen LogP contribution in [-0.2, 0) is 13.1 Å². The molecule has 0 aliphatic carbocycles. The van der Waals surface area contributed by atoms with E-state index in [-0.39, 0.29) is 0 Å². The van der Waals surface area contributed by atoms with E-state index in [4.69, 9.17) is 4.42 Å². The molecule has 0 atom stereocenters. The molecule has 2 heterocycles. The summed E-state index contributed by atoms with van der Waals surface area (Å²) >= 11 is 0. The lowest BCUT2D eigenvalue weighted by atomic mass is 10.2. The van der Waals surface area contributed by atoms with Crippen LogP contribution >= 0.6 is 0 Å². The number of aromatic nitrogens is 1. The molecule has 0 fully saturated rings. The van der Waals surface area contributed by atoms with Gasteiger partial charge in [0.05, 0.1) is 12.2 Å². The molecule has 2 rings (SSSR count). The molecule has 2 aromatic rings. The van der Waals surface area contributed by atoms with Crippen molar-refractivity contribution >= 4 is 5.69 Å². The smallest absolute Gasteiger partial charge is 0.123 e. The topological polar surface area (TPSA) is 41.3 Å². The number of hydrogen-bond donors (Lipinski definition) is 1. The van der Waals surface area contributed by atoms with Crippen molar-refractivity contribution in [2.24, 2.45) is 0 Å². The van der Waals surface area contributed by atoms with Crippen LogP contribution in [0.15, 0.2) is 34.9 Å². The Kier molecular flexibility index (Phi) is 5.18. The van der Waals surface area contributed by atoms with E-state index in [1.165, 1.54) is 0 Å². The summed E-state index contributed by atoms with van der Waals surface area (Å²) < 4.78 is 5.62. The highest BCUT2D eigenvalue weighted by atomic mass is 16.3. The quantitative estimate of drug-likeness (QED) is 0.787. The lowest BCUT2D eigenvalue weighted by molar-refractivity contribution is 0.482. The van der Waals surface area contributed by atoms with Gasteiger partial charge in [-0.25, -0.2) is 0 Å². The molecular weight excluding hydrogens is 250 g/mol. The molecule has 0 saturated heterocycles. The minimum Gasteiger partial charge on any atom is -0.464 e. The van der Waals surface area contributed by atoms with E-state index in [9.17, 15) is 0 Å². The lowest BCUT2D eigenvalue weighted by Crippen LogP contribution is -2.18. The molecule has 0 aliphatic heterocycles. The maximum absolute atomic E-state index is 5.62. The Morgan fingerprint density at radius 3 is 2.85 bits per heavy atom. The average molecular weight is 273 g/mol. The van der Waals surface area contributed by atoms with Crippen LogP contribution in [0.5, 0.6) is 0 Å². The van der Waals surface area contributed by atoms with Gasteiger partial charge in [-0.05, 0) is 44.2 Å². The van der Waals surface area contributed by atoms with Gasteiger partial charge in [0.15, 0.2) is 0 Å². The van der Waals surface area contributed by atoms with Crippen LogP contribution in [0.25, 0.3) is 0 Å². The molecule has 0 unspecified atom stereocenters. The highest BCUT2D eigenvalue weighted by molar-refractivity contribution is 5.45. The van der Waals surface area contributed by atoms with Crippen molar-refractivity contribution in [2.75, 3.05) is 18.5 Å². The Bertz CT molecular complexity index is 536. The van der Waals surface area contributed by atoms with E-state index in [2.05, 4.69) is 35.2 Å². The van der Waals surface area contributed by atoms with Gasteiger partial charge in [0.1, 0.15) is 11.5 Å². The van der Waals surface area contributed by atoms with Gasteiger partial charge in [0.25, 0.3) is 0 Å². The van der Waals surface area contributed by atoms with Gasteiger partial charge in [-0.15, -0.1) is 0 Å². The zero-order chi connectivity index (χ0) is 14.4. The molecule has 0 amide bonds. The summed E-state index contributed by atoms with van der Waals surface area (Å²) in [7, 11) is 2.07. The van der Waals surface area contributed by atoms with Gasteiger partial charge in [0.2, 0.25) is 0 Å². The van der Waals surface area contributed by atoms with E-state index >= 15 is 0 Å². The van der Waals surface area contributed by atoms with Crippen molar-refractivity contribution < 1.29 is 4.42 Å². The third kappa shape index (κ3) is 4.10. The molecular formula is C16H23N3O. The maximum atomic E-state index is 5.62. The standard InChI is InChI=1S/C16H23N3O/c1-4-8-17-11-14-10-15(7-9-18-14)19(3)12-16-6-5-13(2)20-16/h5-7,9-10,17H,4,8,11-12H2,1-3H3. The molecule has 2 aromatic heterocycles. The van der Waals surface area contributed by atoms with Crippen molar-refractivity contribution in [2.45, 2.75) is 33.4 Å². The number of anilines is 1.